The molecule has 18 heavy (non-hydrogen) atoms. The first-order valence-electron chi connectivity index (χ1n) is 6.35. The molecule has 0 aliphatic rings. The Balaban J connectivity index is 2.79. The molecule has 4 heteroatoms. The van der Waals surface area contributed by atoms with E-state index in [1.54, 1.807) is 11.9 Å². The minimum Gasteiger partial charge on any atom is -0.370 e. The lowest BCUT2D eigenvalue weighted by Gasteiger charge is -2.19. The van der Waals surface area contributed by atoms with Gasteiger partial charge in [0, 0.05) is 20.1 Å². The number of halogens is 2. The van der Waals surface area contributed by atoms with Gasteiger partial charge in [-0.05, 0) is 37.1 Å². The molecule has 0 bridgehead atoms. The van der Waals surface area contributed by atoms with Crippen LogP contribution < -0.4 is 10.2 Å². The number of nitrogens with zero attached hydrogens (tertiary/aromatic N) is 1. The minimum atomic E-state index is -0.499. The summed E-state index contributed by atoms with van der Waals surface area (Å²) in [6.45, 7) is 7.93. The molecule has 0 radical (unpaired) electrons. The predicted octanol–water partition coefficient (Wildman–Crippen LogP) is 3.17. The first kappa shape index (κ1) is 14.9. The van der Waals surface area contributed by atoms with Crippen molar-refractivity contribution in [3.63, 3.8) is 0 Å². The molecular weight excluding hydrogens is 234 g/mol. The molecule has 2 nitrogen and oxygen atoms in total. The molecule has 0 saturated heterocycles. The molecule has 0 unspecified atom stereocenters. The maximum absolute atomic E-state index is 13.8. The highest BCUT2D eigenvalue weighted by Crippen LogP contribution is 2.23. The Morgan fingerprint density at radius 3 is 2.22 bits per heavy atom. The summed E-state index contributed by atoms with van der Waals surface area (Å²) in [6.07, 6.45) is 0. The van der Waals surface area contributed by atoms with Crippen molar-refractivity contribution in [1.29, 1.82) is 0 Å². The summed E-state index contributed by atoms with van der Waals surface area (Å²) in [5.74, 6) is -0.480. The van der Waals surface area contributed by atoms with Crippen LogP contribution in [0.5, 0.6) is 0 Å². The molecule has 1 aromatic rings. The highest BCUT2D eigenvalue weighted by atomic mass is 19.1. The Kier molecular flexibility index (Phi) is 5.54. The molecule has 0 aliphatic heterocycles. The second-order valence-corrected chi connectivity index (χ2v) is 4.95. The summed E-state index contributed by atoms with van der Waals surface area (Å²) in [5.41, 5.74) is 0.684. The van der Waals surface area contributed by atoms with E-state index in [2.05, 4.69) is 19.2 Å². The zero-order chi connectivity index (χ0) is 13.7. The molecule has 0 fully saturated rings. The molecule has 0 saturated carbocycles. The zero-order valence-corrected chi connectivity index (χ0v) is 11.6. The van der Waals surface area contributed by atoms with Gasteiger partial charge in [-0.15, -0.1) is 0 Å². The second kappa shape index (κ2) is 6.69. The summed E-state index contributed by atoms with van der Waals surface area (Å²) < 4.78 is 27.6. The lowest BCUT2D eigenvalue weighted by atomic mass is 10.1. The highest BCUT2D eigenvalue weighted by molar-refractivity contribution is 5.49. The van der Waals surface area contributed by atoms with Gasteiger partial charge in [0.25, 0.3) is 0 Å². The van der Waals surface area contributed by atoms with Crippen LogP contribution in [0.2, 0.25) is 0 Å². The van der Waals surface area contributed by atoms with Gasteiger partial charge in [0.2, 0.25) is 0 Å². The van der Waals surface area contributed by atoms with Crippen LogP contribution in [0.25, 0.3) is 0 Å². The third-order valence-electron chi connectivity index (χ3n) is 2.81. The van der Waals surface area contributed by atoms with E-state index < -0.39 is 11.6 Å². The monoisotopic (exact) mass is 256 g/mol. The van der Waals surface area contributed by atoms with Crippen molar-refractivity contribution in [2.45, 2.75) is 27.3 Å². The molecule has 102 valence electrons. The van der Waals surface area contributed by atoms with Gasteiger partial charge in [-0.1, -0.05) is 13.8 Å². The average Bonchev–Trinajstić information content (AvgIpc) is 2.27. The number of nitrogens with one attached hydrogen (secondary N) is 1. The molecule has 0 atom stereocenters. The van der Waals surface area contributed by atoms with E-state index in [1.165, 1.54) is 12.1 Å². The molecule has 0 aromatic heterocycles. The predicted molar refractivity (Wildman–Crippen MR) is 71.8 cm³/mol. The smallest absolute Gasteiger partial charge is 0.149 e. The van der Waals surface area contributed by atoms with Gasteiger partial charge in [-0.25, -0.2) is 8.78 Å². The van der Waals surface area contributed by atoms with E-state index in [0.717, 1.165) is 6.54 Å². The van der Waals surface area contributed by atoms with Crippen LogP contribution >= 0.6 is 0 Å². The molecule has 0 amide bonds. The first-order chi connectivity index (χ1) is 8.45. The molecule has 1 N–H and O–H groups in total. The van der Waals surface area contributed by atoms with Crippen LogP contribution in [0.1, 0.15) is 26.3 Å². The van der Waals surface area contributed by atoms with Crippen molar-refractivity contribution < 1.29 is 8.78 Å². The number of hydrogen-bond donors (Lipinski definition) is 1. The van der Waals surface area contributed by atoms with Crippen LogP contribution in [0, 0.1) is 17.6 Å². The van der Waals surface area contributed by atoms with Crippen molar-refractivity contribution in [3.8, 4) is 0 Å². The van der Waals surface area contributed by atoms with E-state index in [9.17, 15) is 8.78 Å². The maximum atomic E-state index is 13.8. The van der Waals surface area contributed by atoms with Crippen LogP contribution in [-0.4, -0.2) is 20.1 Å². The summed E-state index contributed by atoms with van der Waals surface area (Å²) in [7, 11) is 1.68. The molecule has 0 spiro atoms. The normalized spacial score (nSPS) is 11.1. The topological polar surface area (TPSA) is 15.3 Å². The lowest BCUT2D eigenvalue weighted by Crippen LogP contribution is -2.21. The van der Waals surface area contributed by atoms with Crippen LogP contribution in [0.15, 0.2) is 12.1 Å². The number of hydrogen-bond acceptors (Lipinski definition) is 2. The van der Waals surface area contributed by atoms with E-state index >= 15 is 0 Å². The van der Waals surface area contributed by atoms with Crippen molar-refractivity contribution in [1.82, 2.24) is 5.32 Å². The van der Waals surface area contributed by atoms with Gasteiger partial charge in [-0.3, -0.25) is 0 Å². The Bertz CT molecular complexity index is 368. The summed E-state index contributed by atoms with van der Waals surface area (Å²) in [4.78, 5) is 1.57. The largest absolute Gasteiger partial charge is 0.370 e. The van der Waals surface area contributed by atoms with Crippen LogP contribution in [-0.2, 0) is 6.54 Å². The third-order valence-corrected chi connectivity index (χ3v) is 2.81. The number of rotatable bonds is 6. The average molecular weight is 256 g/mol. The molecule has 0 heterocycles. The van der Waals surface area contributed by atoms with Gasteiger partial charge >= 0.3 is 0 Å². The lowest BCUT2D eigenvalue weighted by molar-refractivity contribution is 0.543. The summed E-state index contributed by atoms with van der Waals surface area (Å²) >= 11 is 0. The third kappa shape index (κ3) is 3.95. The Hall–Kier alpha value is -1.16. The summed E-state index contributed by atoms with van der Waals surface area (Å²) in [5, 5.41) is 3.17. The first-order valence-corrected chi connectivity index (χ1v) is 6.35. The molecule has 1 aromatic carbocycles. The fraction of sp³-hybridized carbons (Fsp3) is 0.571. The summed E-state index contributed by atoms with van der Waals surface area (Å²) in [6, 6.07) is 2.80. The number of benzene rings is 1. The Labute approximate surface area is 108 Å². The highest BCUT2D eigenvalue weighted by Gasteiger charge is 2.14. The Morgan fingerprint density at radius 2 is 1.78 bits per heavy atom. The van der Waals surface area contributed by atoms with Gasteiger partial charge < -0.3 is 10.2 Å². The van der Waals surface area contributed by atoms with Crippen molar-refractivity contribution in [2.75, 3.05) is 25.0 Å². The minimum absolute atomic E-state index is 0.0464. The van der Waals surface area contributed by atoms with Crippen molar-refractivity contribution in [2.24, 2.45) is 5.92 Å². The molecule has 0 aliphatic carbocycles. The van der Waals surface area contributed by atoms with Crippen LogP contribution in [0.4, 0.5) is 14.5 Å². The standard InChI is InChI=1S/C14H22F2N2/c1-5-18(4)14-12(15)6-11(7-13(14)16)9-17-8-10(2)3/h6-7,10,17H,5,8-9H2,1-4H3. The quantitative estimate of drug-likeness (QED) is 0.841. The van der Waals surface area contributed by atoms with Gasteiger partial charge in [-0.2, -0.15) is 0 Å². The van der Waals surface area contributed by atoms with E-state index in [1.807, 2.05) is 6.92 Å². The SMILES string of the molecule is CCN(C)c1c(F)cc(CNCC(C)C)cc1F. The fourth-order valence-electron chi connectivity index (χ4n) is 1.75. The zero-order valence-electron chi connectivity index (χ0n) is 11.6. The van der Waals surface area contributed by atoms with Crippen LogP contribution in [0.3, 0.4) is 0 Å². The van der Waals surface area contributed by atoms with Gasteiger partial charge in [0.15, 0.2) is 0 Å². The maximum Gasteiger partial charge on any atom is 0.149 e. The van der Waals surface area contributed by atoms with E-state index in [4.69, 9.17) is 0 Å². The second-order valence-electron chi connectivity index (χ2n) is 4.95. The van der Waals surface area contributed by atoms with Gasteiger partial charge in [0.05, 0.1) is 0 Å². The van der Waals surface area contributed by atoms with Crippen molar-refractivity contribution >= 4 is 5.69 Å². The molecular formula is C14H22F2N2. The van der Waals surface area contributed by atoms with E-state index in [-0.39, 0.29) is 5.69 Å². The van der Waals surface area contributed by atoms with Crippen molar-refractivity contribution in [3.05, 3.63) is 29.3 Å². The molecule has 1 rings (SSSR count). The fourth-order valence-corrected chi connectivity index (χ4v) is 1.75. The Morgan fingerprint density at radius 1 is 1.22 bits per heavy atom. The van der Waals surface area contributed by atoms with Gasteiger partial charge in [0.1, 0.15) is 17.3 Å². The number of anilines is 1. The van der Waals surface area contributed by atoms with E-state index in [0.29, 0.717) is 24.6 Å².